The third kappa shape index (κ3) is 4.81. The summed E-state index contributed by atoms with van der Waals surface area (Å²) >= 11 is 6.24. The van der Waals surface area contributed by atoms with Crippen molar-refractivity contribution in [2.45, 2.75) is 33.2 Å². The summed E-state index contributed by atoms with van der Waals surface area (Å²) in [4.78, 5) is 25.6. The fraction of sp³-hybridized carbons (Fsp3) is 0.381. The normalized spacial score (nSPS) is 14.0. The minimum Gasteiger partial charge on any atom is -0.452 e. The van der Waals surface area contributed by atoms with Crippen molar-refractivity contribution in [3.8, 4) is 0 Å². The summed E-state index contributed by atoms with van der Waals surface area (Å²) in [6.07, 6.45) is 5.05. The van der Waals surface area contributed by atoms with Gasteiger partial charge in [0, 0.05) is 35.4 Å². The van der Waals surface area contributed by atoms with E-state index >= 15 is 0 Å². The number of aryl methyl sites for hydroxylation is 1. The molecular formula is C21H24ClN3O3. The fourth-order valence-corrected chi connectivity index (χ4v) is 3.48. The number of carbonyl (C=O) groups excluding carboxylic acids is 2. The maximum absolute atomic E-state index is 12.0. The number of halogens is 1. The standard InChI is InChI=1S/C21H24ClN3O3/c1-15-18(9-10-21(27)28-14-20(26)24-11-5-6-12-24)16(2)25(23-15)13-17-7-3-4-8-19(17)22/h3-4,7-10H,5-6,11-14H2,1-2H3/b10-9+. The number of amides is 1. The molecule has 1 fully saturated rings. The minimum absolute atomic E-state index is 0.140. The molecule has 148 valence electrons. The Kier molecular flexibility index (Phi) is 6.52. The molecule has 0 unspecified atom stereocenters. The quantitative estimate of drug-likeness (QED) is 0.549. The maximum atomic E-state index is 12.0. The first kappa shape index (κ1) is 20.1. The highest BCUT2D eigenvalue weighted by molar-refractivity contribution is 6.31. The van der Waals surface area contributed by atoms with Crippen LogP contribution in [0.4, 0.5) is 0 Å². The van der Waals surface area contributed by atoms with Gasteiger partial charge in [0.15, 0.2) is 6.61 Å². The lowest BCUT2D eigenvalue weighted by atomic mass is 10.1. The highest BCUT2D eigenvalue weighted by atomic mass is 35.5. The predicted molar refractivity (Wildman–Crippen MR) is 108 cm³/mol. The van der Waals surface area contributed by atoms with Gasteiger partial charge in [0.05, 0.1) is 12.2 Å². The first-order chi connectivity index (χ1) is 13.5. The van der Waals surface area contributed by atoms with E-state index in [0.717, 1.165) is 48.4 Å². The Morgan fingerprint density at radius 3 is 2.64 bits per heavy atom. The zero-order valence-electron chi connectivity index (χ0n) is 16.2. The fourth-order valence-electron chi connectivity index (χ4n) is 3.28. The van der Waals surface area contributed by atoms with E-state index in [4.69, 9.17) is 16.3 Å². The van der Waals surface area contributed by atoms with Gasteiger partial charge in [-0.05, 0) is 44.4 Å². The molecule has 0 bridgehead atoms. The summed E-state index contributed by atoms with van der Waals surface area (Å²) in [5.74, 6) is -0.677. The van der Waals surface area contributed by atoms with Crippen LogP contribution in [-0.4, -0.2) is 46.3 Å². The van der Waals surface area contributed by atoms with Gasteiger partial charge in [-0.3, -0.25) is 9.48 Å². The summed E-state index contributed by atoms with van der Waals surface area (Å²) in [7, 11) is 0. The SMILES string of the molecule is Cc1nn(Cc2ccccc2Cl)c(C)c1/C=C/C(=O)OCC(=O)N1CCCC1. The largest absolute Gasteiger partial charge is 0.452 e. The van der Waals surface area contributed by atoms with Gasteiger partial charge in [-0.2, -0.15) is 5.10 Å². The van der Waals surface area contributed by atoms with Crippen LogP contribution in [0.1, 0.15) is 35.4 Å². The van der Waals surface area contributed by atoms with E-state index in [9.17, 15) is 9.59 Å². The average Bonchev–Trinajstić information content (AvgIpc) is 3.30. The van der Waals surface area contributed by atoms with E-state index in [1.807, 2.05) is 42.8 Å². The van der Waals surface area contributed by atoms with Crippen molar-refractivity contribution < 1.29 is 14.3 Å². The maximum Gasteiger partial charge on any atom is 0.331 e. The van der Waals surface area contributed by atoms with Crippen LogP contribution in [0.25, 0.3) is 6.08 Å². The molecule has 1 amide bonds. The molecule has 0 atom stereocenters. The van der Waals surface area contributed by atoms with E-state index < -0.39 is 5.97 Å². The molecule has 0 radical (unpaired) electrons. The summed E-state index contributed by atoms with van der Waals surface area (Å²) in [5.41, 5.74) is 3.57. The lowest BCUT2D eigenvalue weighted by Crippen LogP contribution is -2.31. The number of hydrogen-bond acceptors (Lipinski definition) is 4. The number of rotatable bonds is 6. The molecule has 28 heavy (non-hydrogen) atoms. The second-order valence-electron chi connectivity index (χ2n) is 6.86. The Morgan fingerprint density at radius 1 is 1.21 bits per heavy atom. The number of nitrogens with zero attached hydrogens (tertiary/aromatic N) is 3. The number of benzene rings is 1. The van der Waals surface area contributed by atoms with Gasteiger partial charge in [-0.15, -0.1) is 0 Å². The summed E-state index contributed by atoms with van der Waals surface area (Å²) < 4.78 is 6.93. The van der Waals surface area contributed by atoms with Crippen molar-refractivity contribution in [2.24, 2.45) is 0 Å². The molecule has 7 heteroatoms. The van der Waals surface area contributed by atoms with Gasteiger partial charge >= 0.3 is 5.97 Å². The molecule has 1 aliphatic heterocycles. The van der Waals surface area contributed by atoms with E-state index in [1.54, 1.807) is 11.0 Å². The zero-order chi connectivity index (χ0) is 20.1. The molecule has 1 aromatic heterocycles. The molecule has 2 aromatic rings. The van der Waals surface area contributed by atoms with Crippen molar-refractivity contribution in [2.75, 3.05) is 19.7 Å². The molecule has 1 aliphatic rings. The van der Waals surface area contributed by atoms with Gasteiger partial charge in [0.1, 0.15) is 0 Å². The highest BCUT2D eigenvalue weighted by Crippen LogP contribution is 2.20. The van der Waals surface area contributed by atoms with E-state index in [2.05, 4.69) is 5.10 Å². The minimum atomic E-state index is -0.537. The van der Waals surface area contributed by atoms with Crippen molar-refractivity contribution in [3.05, 3.63) is 57.9 Å². The number of carbonyl (C=O) groups is 2. The Morgan fingerprint density at radius 2 is 1.93 bits per heavy atom. The first-order valence-corrected chi connectivity index (χ1v) is 9.73. The molecule has 2 heterocycles. The molecule has 0 aliphatic carbocycles. The molecule has 0 spiro atoms. The molecule has 3 rings (SSSR count). The zero-order valence-corrected chi connectivity index (χ0v) is 16.9. The van der Waals surface area contributed by atoms with Gasteiger partial charge in [0.25, 0.3) is 5.91 Å². The lowest BCUT2D eigenvalue weighted by Gasteiger charge is -2.14. The monoisotopic (exact) mass is 401 g/mol. The second-order valence-corrected chi connectivity index (χ2v) is 7.27. The van der Waals surface area contributed by atoms with Crippen molar-refractivity contribution in [3.63, 3.8) is 0 Å². The molecule has 1 saturated heterocycles. The van der Waals surface area contributed by atoms with Crippen LogP contribution < -0.4 is 0 Å². The molecule has 1 aromatic carbocycles. The smallest absolute Gasteiger partial charge is 0.331 e. The molecule has 6 nitrogen and oxygen atoms in total. The van der Waals surface area contributed by atoms with Gasteiger partial charge < -0.3 is 9.64 Å². The Balaban J connectivity index is 1.62. The summed E-state index contributed by atoms with van der Waals surface area (Å²) in [6.45, 7) is 5.66. The second kappa shape index (κ2) is 9.06. The Bertz CT molecular complexity index is 898. The molecule has 0 saturated carbocycles. The first-order valence-electron chi connectivity index (χ1n) is 9.35. The summed E-state index contributed by atoms with van der Waals surface area (Å²) in [5, 5.41) is 5.24. The average molecular weight is 402 g/mol. The van der Waals surface area contributed by atoms with Crippen LogP contribution in [0.3, 0.4) is 0 Å². The third-order valence-corrected chi connectivity index (χ3v) is 5.27. The van der Waals surface area contributed by atoms with Crippen LogP contribution in [-0.2, 0) is 20.9 Å². The third-order valence-electron chi connectivity index (χ3n) is 4.90. The number of aromatic nitrogens is 2. The highest BCUT2D eigenvalue weighted by Gasteiger charge is 2.18. The Hall–Kier alpha value is -2.60. The lowest BCUT2D eigenvalue weighted by molar-refractivity contribution is -0.147. The number of esters is 1. The van der Waals surface area contributed by atoms with Gasteiger partial charge in [-0.1, -0.05) is 29.8 Å². The van der Waals surface area contributed by atoms with E-state index in [1.165, 1.54) is 6.08 Å². The molecular weight excluding hydrogens is 378 g/mol. The number of hydrogen-bond donors (Lipinski definition) is 0. The van der Waals surface area contributed by atoms with Crippen LogP contribution in [0.2, 0.25) is 5.02 Å². The summed E-state index contributed by atoms with van der Waals surface area (Å²) in [6, 6.07) is 7.64. The van der Waals surface area contributed by atoms with E-state index in [-0.39, 0.29) is 12.5 Å². The van der Waals surface area contributed by atoms with Crippen molar-refractivity contribution >= 4 is 29.6 Å². The topological polar surface area (TPSA) is 64.4 Å². The predicted octanol–water partition coefficient (Wildman–Crippen LogP) is 3.38. The van der Waals surface area contributed by atoms with Crippen LogP contribution in [0, 0.1) is 13.8 Å². The number of ether oxygens (including phenoxy) is 1. The van der Waals surface area contributed by atoms with Gasteiger partial charge in [-0.25, -0.2) is 4.79 Å². The van der Waals surface area contributed by atoms with E-state index in [0.29, 0.717) is 11.6 Å². The van der Waals surface area contributed by atoms with Crippen LogP contribution in [0.5, 0.6) is 0 Å². The van der Waals surface area contributed by atoms with Crippen LogP contribution in [0.15, 0.2) is 30.3 Å². The van der Waals surface area contributed by atoms with Crippen molar-refractivity contribution in [1.82, 2.24) is 14.7 Å². The Labute approximate surface area is 169 Å². The number of likely N-dealkylation sites (tertiary alicyclic amines) is 1. The van der Waals surface area contributed by atoms with Gasteiger partial charge in [0.2, 0.25) is 0 Å². The van der Waals surface area contributed by atoms with Crippen LogP contribution >= 0.6 is 11.6 Å². The molecule has 0 N–H and O–H groups in total. The van der Waals surface area contributed by atoms with Crippen molar-refractivity contribution in [1.29, 1.82) is 0 Å².